The molecule has 0 saturated carbocycles. The van der Waals surface area contributed by atoms with Crippen LogP contribution in [-0.2, 0) is 22.5 Å². The third-order valence-corrected chi connectivity index (χ3v) is 6.64. The highest BCUT2D eigenvalue weighted by atomic mass is 31.2. The fourth-order valence-electron chi connectivity index (χ4n) is 3.40. The van der Waals surface area contributed by atoms with E-state index in [0.717, 1.165) is 24.2 Å². The molecule has 1 aromatic carbocycles. The second-order valence-electron chi connectivity index (χ2n) is 7.62. The molecule has 1 unspecified atom stereocenters. The minimum absolute atomic E-state index is 0.000393. The van der Waals surface area contributed by atoms with Gasteiger partial charge < -0.3 is 19.6 Å². The van der Waals surface area contributed by atoms with Crippen molar-refractivity contribution in [2.45, 2.75) is 70.4 Å². The standard InChI is InChI=1S/C20H34NO5P/c1-2-3-4-5-6-7-14-26-16-19-10-8-18(9-11-19)15-21-13-12-20(22,17-21)27(23,24)25/h8-11,22H,2-7,12-17H2,1H3,(H2,23,24,25). The largest absolute Gasteiger partial charge is 0.377 e. The van der Waals surface area contributed by atoms with Crippen molar-refractivity contribution in [3.05, 3.63) is 35.4 Å². The van der Waals surface area contributed by atoms with E-state index in [1.54, 1.807) is 0 Å². The van der Waals surface area contributed by atoms with Gasteiger partial charge in [-0.15, -0.1) is 0 Å². The van der Waals surface area contributed by atoms with E-state index in [9.17, 15) is 19.5 Å². The summed E-state index contributed by atoms with van der Waals surface area (Å²) >= 11 is 0. The molecule has 0 radical (unpaired) electrons. The molecule has 0 aromatic heterocycles. The van der Waals surface area contributed by atoms with Crippen LogP contribution in [0.2, 0.25) is 0 Å². The summed E-state index contributed by atoms with van der Waals surface area (Å²) < 4.78 is 17.1. The molecule has 1 saturated heterocycles. The molecule has 1 aliphatic heterocycles. The minimum atomic E-state index is -4.50. The van der Waals surface area contributed by atoms with Crippen LogP contribution in [-0.4, -0.2) is 44.8 Å². The average Bonchev–Trinajstić information content (AvgIpc) is 3.01. The number of rotatable bonds is 12. The second-order valence-corrected chi connectivity index (χ2v) is 9.54. The molecule has 3 N–H and O–H groups in total. The van der Waals surface area contributed by atoms with Crippen molar-refractivity contribution in [2.24, 2.45) is 0 Å². The molecule has 1 atom stereocenters. The van der Waals surface area contributed by atoms with Crippen LogP contribution in [0, 0.1) is 0 Å². The Morgan fingerprint density at radius 2 is 1.70 bits per heavy atom. The Morgan fingerprint density at radius 3 is 2.33 bits per heavy atom. The molecule has 1 aromatic rings. The Balaban J connectivity index is 1.66. The molecule has 1 heterocycles. The molecule has 27 heavy (non-hydrogen) atoms. The van der Waals surface area contributed by atoms with Gasteiger partial charge in [0.2, 0.25) is 0 Å². The Morgan fingerprint density at radius 1 is 1.07 bits per heavy atom. The molecule has 6 nitrogen and oxygen atoms in total. The van der Waals surface area contributed by atoms with Crippen LogP contribution in [0.3, 0.4) is 0 Å². The van der Waals surface area contributed by atoms with Crippen molar-refractivity contribution < 1.29 is 24.2 Å². The van der Waals surface area contributed by atoms with E-state index in [4.69, 9.17) is 4.74 Å². The SMILES string of the molecule is CCCCCCCCOCc1ccc(CN2CCC(O)(P(=O)(O)O)C2)cc1. The molecule has 7 heteroatoms. The molecule has 0 aliphatic carbocycles. The van der Waals surface area contributed by atoms with Crippen LogP contribution in [0.4, 0.5) is 0 Å². The topological polar surface area (TPSA) is 90.2 Å². The Kier molecular flexibility index (Phi) is 8.93. The lowest BCUT2D eigenvalue weighted by atomic mass is 10.1. The lowest BCUT2D eigenvalue weighted by Crippen LogP contribution is -2.32. The molecular weight excluding hydrogens is 365 g/mol. The Labute approximate surface area is 162 Å². The molecule has 0 bridgehead atoms. The van der Waals surface area contributed by atoms with Crippen LogP contribution in [0.1, 0.15) is 63.0 Å². The number of hydrogen-bond acceptors (Lipinski definition) is 4. The summed E-state index contributed by atoms with van der Waals surface area (Å²) in [5.41, 5.74) is 2.18. The number of benzene rings is 1. The van der Waals surface area contributed by atoms with E-state index < -0.39 is 12.9 Å². The number of hydrogen-bond donors (Lipinski definition) is 3. The van der Waals surface area contributed by atoms with Crippen LogP contribution in [0.25, 0.3) is 0 Å². The molecule has 0 amide bonds. The van der Waals surface area contributed by atoms with Gasteiger partial charge in [-0.25, -0.2) is 0 Å². The number of unbranched alkanes of at least 4 members (excludes halogenated alkanes) is 5. The first kappa shape index (κ1) is 22.5. The third-order valence-electron chi connectivity index (χ3n) is 5.19. The average molecular weight is 399 g/mol. The number of nitrogens with zero attached hydrogens (tertiary/aromatic N) is 1. The predicted octanol–water partition coefficient (Wildman–Crippen LogP) is 3.64. The lowest BCUT2D eigenvalue weighted by Gasteiger charge is -2.24. The van der Waals surface area contributed by atoms with E-state index in [2.05, 4.69) is 6.92 Å². The molecule has 0 spiro atoms. The van der Waals surface area contributed by atoms with E-state index in [-0.39, 0.29) is 13.0 Å². The van der Waals surface area contributed by atoms with Crippen molar-refractivity contribution in [1.82, 2.24) is 4.90 Å². The van der Waals surface area contributed by atoms with Crippen molar-refractivity contribution in [3.8, 4) is 0 Å². The highest BCUT2D eigenvalue weighted by molar-refractivity contribution is 7.53. The maximum absolute atomic E-state index is 11.4. The van der Waals surface area contributed by atoms with Gasteiger partial charge >= 0.3 is 7.60 Å². The maximum Gasteiger partial charge on any atom is 0.358 e. The number of β-amino-alcohol motifs (C(OH)–C–C–N with tert-alkyl or cyclic N) is 1. The zero-order chi connectivity index (χ0) is 19.8. The van der Waals surface area contributed by atoms with Crippen LogP contribution in [0.15, 0.2) is 24.3 Å². The quantitative estimate of drug-likeness (QED) is 0.367. The maximum atomic E-state index is 11.4. The number of aliphatic hydroxyl groups is 1. The Bertz CT molecular complexity index is 603. The van der Waals surface area contributed by atoms with E-state index in [1.807, 2.05) is 29.2 Å². The summed E-state index contributed by atoms with van der Waals surface area (Å²) in [7, 11) is -4.50. The zero-order valence-corrected chi connectivity index (χ0v) is 17.2. The van der Waals surface area contributed by atoms with Gasteiger partial charge in [-0.1, -0.05) is 63.3 Å². The first-order valence-electron chi connectivity index (χ1n) is 10.00. The highest BCUT2D eigenvalue weighted by Crippen LogP contribution is 2.53. The summed E-state index contributed by atoms with van der Waals surface area (Å²) in [4.78, 5) is 20.5. The summed E-state index contributed by atoms with van der Waals surface area (Å²) in [5, 5.41) is 8.19. The predicted molar refractivity (Wildman–Crippen MR) is 106 cm³/mol. The lowest BCUT2D eigenvalue weighted by molar-refractivity contribution is 0.0962. The van der Waals surface area contributed by atoms with Gasteiger partial charge in [-0.3, -0.25) is 9.46 Å². The number of likely N-dealkylation sites (tertiary alicyclic amines) is 1. The van der Waals surface area contributed by atoms with Gasteiger partial charge in [0.15, 0.2) is 5.34 Å². The zero-order valence-electron chi connectivity index (χ0n) is 16.3. The molecule has 1 aliphatic rings. The fraction of sp³-hybridized carbons (Fsp3) is 0.700. The second kappa shape index (κ2) is 10.7. The van der Waals surface area contributed by atoms with Gasteiger partial charge in [-0.2, -0.15) is 0 Å². The fourth-order valence-corrected chi connectivity index (χ4v) is 4.18. The van der Waals surface area contributed by atoms with Gasteiger partial charge in [-0.05, 0) is 17.5 Å². The van der Waals surface area contributed by atoms with E-state index in [1.165, 1.54) is 32.1 Å². The summed E-state index contributed by atoms with van der Waals surface area (Å²) in [5.74, 6) is 0. The summed E-state index contributed by atoms with van der Waals surface area (Å²) in [6.07, 6.45) is 7.65. The minimum Gasteiger partial charge on any atom is -0.377 e. The molecule has 154 valence electrons. The summed E-state index contributed by atoms with van der Waals surface area (Å²) in [6.45, 7) is 4.67. The van der Waals surface area contributed by atoms with Gasteiger partial charge in [0.1, 0.15) is 0 Å². The van der Waals surface area contributed by atoms with Gasteiger partial charge in [0.25, 0.3) is 0 Å². The molecular formula is C20H34NO5P. The van der Waals surface area contributed by atoms with Crippen molar-refractivity contribution >= 4 is 7.60 Å². The molecule has 2 rings (SSSR count). The normalized spacial score (nSPS) is 21.0. The first-order chi connectivity index (χ1) is 12.8. The van der Waals surface area contributed by atoms with E-state index >= 15 is 0 Å². The summed E-state index contributed by atoms with van der Waals surface area (Å²) in [6, 6.07) is 8.08. The van der Waals surface area contributed by atoms with Crippen LogP contribution >= 0.6 is 7.60 Å². The third kappa shape index (κ3) is 7.30. The highest BCUT2D eigenvalue weighted by Gasteiger charge is 2.49. The van der Waals surface area contributed by atoms with Gasteiger partial charge in [0, 0.05) is 32.7 Å². The smallest absolute Gasteiger partial charge is 0.358 e. The first-order valence-corrected chi connectivity index (χ1v) is 11.6. The van der Waals surface area contributed by atoms with Crippen molar-refractivity contribution in [3.63, 3.8) is 0 Å². The number of ether oxygens (including phenoxy) is 1. The van der Waals surface area contributed by atoms with Crippen molar-refractivity contribution in [1.29, 1.82) is 0 Å². The Hall–Kier alpha value is -0.750. The van der Waals surface area contributed by atoms with Crippen molar-refractivity contribution in [2.75, 3.05) is 19.7 Å². The molecule has 1 fully saturated rings. The van der Waals surface area contributed by atoms with Crippen LogP contribution in [0.5, 0.6) is 0 Å². The van der Waals surface area contributed by atoms with E-state index in [0.29, 0.717) is 19.7 Å². The monoisotopic (exact) mass is 399 g/mol. The van der Waals surface area contributed by atoms with Gasteiger partial charge in [0.05, 0.1) is 6.61 Å². The van der Waals surface area contributed by atoms with Crippen LogP contribution < -0.4 is 0 Å².